The number of hydrogen-bond acceptors (Lipinski definition) is 4. The summed E-state index contributed by atoms with van der Waals surface area (Å²) in [5, 5.41) is 0. The number of rotatable bonds is 2. The minimum atomic E-state index is 0.386. The smallest absolute Gasteiger partial charge is 0.139 e. The van der Waals surface area contributed by atoms with Gasteiger partial charge in [0.1, 0.15) is 16.6 Å². The third-order valence-electron chi connectivity index (χ3n) is 3.32. The minimum Gasteiger partial charge on any atom is -0.389 e. The van der Waals surface area contributed by atoms with E-state index in [0.717, 1.165) is 42.5 Å². The van der Waals surface area contributed by atoms with Crippen LogP contribution in [-0.4, -0.2) is 26.1 Å². The molecule has 0 unspecified atom stereocenters. The first-order chi connectivity index (χ1) is 9.15. The second-order valence-electron chi connectivity index (χ2n) is 4.65. The molecule has 0 fully saturated rings. The summed E-state index contributed by atoms with van der Waals surface area (Å²) in [5.74, 6) is 1.91. The van der Waals surface area contributed by atoms with Gasteiger partial charge in [0.15, 0.2) is 0 Å². The summed E-state index contributed by atoms with van der Waals surface area (Å²) < 4.78 is 2.16. The lowest BCUT2D eigenvalue weighted by Gasteiger charge is -2.30. The molecule has 0 radical (unpaired) electrons. The van der Waals surface area contributed by atoms with Gasteiger partial charge in [-0.15, -0.1) is 0 Å². The molecular weight excluding hydrogens is 258 g/mol. The van der Waals surface area contributed by atoms with Crippen molar-refractivity contribution in [1.29, 1.82) is 0 Å². The highest BCUT2D eigenvalue weighted by molar-refractivity contribution is 7.80. The molecule has 0 atom stereocenters. The summed E-state index contributed by atoms with van der Waals surface area (Å²) in [6, 6.07) is 3.88. The predicted molar refractivity (Wildman–Crippen MR) is 78.1 cm³/mol. The molecule has 0 amide bonds. The number of imidazole rings is 1. The van der Waals surface area contributed by atoms with Crippen molar-refractivity contribution in [2.75, 3.05) is 11.4 Å². The van der Waals surface area contributed by atoms with Crippen LogP contribution in [0.25, 0.3) is 0 Å². The van der Waals surface area contributed by atoms with E-state index in [1.807, 2.05) is 31.5 Å². The van der Waals surface area contributed by atoms with Crippen LogP contribution in [-0.2, 0) is 13.1 Å². The highest BCUT2D eigenvalue weighted by Gasteiger charge is 2.21. The Hall–Kier alpha value is -1.95. The second-order valence-corrected chi connectivity index (χ2v) is 5.09. The molecule has 98 valence electrons. The van der Waals surface area contributed by atoms with Gasteiger partial charge in [0.2, 0.25) is 0 Å². The quantitative estimate of drug-likeness (QED) is 0.834. The maximum atomic E-state index is 5.79. The normalized spacial score (nSPS) is 14.3. The minimum absolute atomic E-state index is 0.386. The van der Waals surface area contributed by atoms with Crippen LogP contribution >= 0.6 is 12.2 Å². The van der Waals surface area contributed by atoms with Gasteiger partial charge in [0, 0.05) is 31.2 Å². The average Bonchev–Trinajstić information content (AvgIpc) is 2.85. The molecule has 1 aliphatic rings. The third kappa shape index (κ3) is 2.19. The van der Waals surface area contributed by atoms with Gasteiger partial charge in [0.05, 0.1) is 12.1 Å². The fourth-order valence-corrected chi connectivity index (χ4v) is 2.49. The zero-order chi connectivity index (χ0) is 13.4. The Morgan fingerprint density at radius 2 is 2.21 bits per heavy atom. The van der Waals surface area contributed by atoms with Crippen LogP contribution in [0.15, 0.2) is 24.5 Å². The maximum Gasteiger partial charge on any atom is 0.139 e. The third-order valence-corrected chi connectivity index (χ3v) is 3.54. The highest BCUT2D eigenvalue weighted by atomic mass is 32.1. The largest absolute Gasteiger partial charge is 0.389 e. The van der Waals surface area contributed by atoms with E-state index in [1.165, 1.54) is 0 Å². The van der Waals surface area contributed by atoms with Crippen LogP contribution in [0.5, 0.6) is 0 Å². The Morgan fingerprint density at radius 1 is 1.37 bits per heavy atom. The number of fused-ring (bicyclic) bond motifs is 1. The number of thiocarbonyl (C=S) groups is 1. The Bertz CT molecular complexity index is 634. The van der Waals surface area contributed by atoms with Gasteiger partial charge < -0.3 is 15.2 Å². The van der Waals surface area contributed by atoms with Crippen LogP contribution in [0.2, 0.25) is 0 Å². The van der Waals surface area contributed by atoms with Crippen LogP contribution in [0.1, 0.15) is 17.1 Å². The molecule has 3 rings (SSSR count). The molecule has 3 heterocycles. The molecular formula is C13H15N5S. The van der Waals surface area contributed by atoms with E-state index in [0.29, 0.717) is 4.99 Å². The summed E-state index contributed by atoms with van der Waals surface area (Å²) in [6.07, 6.45) is 3.84. The van der Waals surface area contributed by atoms with Gasteiger partial charge in [-0.1, -0.05) is 12.2 Å². The van der Waals surface area contributed by atoms with E-state index >= 15 is 0 Å². The van der Waals surface area contributed by atoms with Crippen LogP contribution < -0.4 is 10.6 Å². The molecule has 2 aromatic heterocycles. The van der Waals surface area contributed by atoms with Crippen molar-refractivity contribution in [3.8, 4) is 0 Å². The number of nitrogens with two attached hydrogens (primary N) is 1. The van der Waals surface area contributed by atoms with Crippen molar-refractivity contribution in [2.45, 2.75) is 20.0 Å². The lowest BCUT2D eigenvalue weighted by Crippen LogP contribution is -2.35. The first kappa shape index (κ1) is 12.1. The van der Waals surface area contributed by atoms with E-state index < -0.39 is 0 Å². The summed E-state index contributed by atoms with van der Waals surface area (Å²) in [6.45, 7) is 4.49. The number of nitrogens with zero attached hydrogens (tertiary/aromatic N) is 4. The molecule has 1 aliphatic heterocycles. The Labute approximate surface area is 117 Å². The summed E-state index contributed by atoms with van der Waals surface area (Å²) in [5.41, 5.74) is 7.59. The van der Waals surface area contributed by atoms with Gasteiger partial charge in [-0.3, -0.25) is 0 Å². The van der Waals surface area contributed by atoms with Crippen LogP contribution in [0.3, 0.4) is 0 Å². The topological polar surface area (TPSA) is 60.0 Å². The lowest BCUT2D eigenvalue weighted by atomic mass is 10.2. The Morgan fingerprint density at radius 3 is 3.00 bits per heavy atom. The molecule has 0 saturated heterocycles. The number of aryl methyl sites for hydroxylation is 1. The zero-order valence-electron chi connectivity index (χ0n) is 10.7. The van der Waals surface area contributed by atoms with Gasteiger partial charge in [-0.05, 0) is 19.1 Å². The van der Waals surface area contributed by atoms with Crippen molar-refractivity contribution in [1.82, 2.24) is 14.5 Å². The first-order valence-electron chi connectivity index (χ1n) is 6.17. The SMILES string of the molecule is Cc1ccc(C(N)=S)c(N2CCn3ccnc3C2)n1. The van der Waals surface area contributed by atoms with E-state index in [1.54, 1.807) is 0 Å². The van der Waals surface area contributed by atoms with Gasteiger partial charge in [-0.25, -0.2) is 9.97 Å². The predicted octanol–water partition coefficient (Wildman–Crippen LogP) is 1.24. The van der Waals surface area contributed by atoms with Crippen molar-refractivity contribution in [2.24, 2.45) is 5.73 Å². The van der Waals surface area contributed by atoms with Gasteiger partial charge in [-0.2, -0.15) is 0 Å². The van der Waals surface area contributed by atoms with Crippen molar-refractivity contribution >= 4 is 23.0 Å². The van der Waals surface area contributed by atoms with Crippen molar-refractivity contribution in [3.63, 3.8) is 0 Å². The zero-order valence-corrected chi connectivity index (χ0v) is 11.5. The molecule has 5 nitrogen and oxygen atoms in total. The highest BCUT2D eigenvalue weighted by Crippen LogP contribution is 2.22. The van der Waals surface area contributed by atoms with E-state index in [2.05, 4.69) is 19.4 Å². The molecule has 6 heteroatoms. The van der Waals surface area contributed by atoms with Crippen LogP contribution in [0, 0.1) is 6.92 Å². The van der Waals surface area contributed by atoms with Crippen LogP contribution in [0.4, 0.5) is 5.82 Å². The Balaban J connectivity index is 1.99. The van der Waals surface area contributed by atoms with E-state index in [9.17, 15) is 0 Å². The average molecular weight is 273 g/mol. The number of pyridine rings is 1. The molecule has 0 aliphatic carbocycles. The fraction of sp³-hybridized carbons (Fsp3) is 0.308. The van der Waals surface area contributed by atoms with Crippen molar-refractivity contribution < 1.29 is 0 Å². The molecule has 0 bridgehead atoms. The lowest BCUT2D eigenvalue weighted by molar-refractivity contribution is 0.555. The van der Waals surface area contributed by atoms with Gasteiger partial charge in [0.25, 0.3) is 0 Å². The standard InChI is InChI=1S/C13H15N5S/c1-9-2-3-10(12(14)19)13(16-9)18-7-6-17-5-4-15-11(17)8-18/h2-5H,6-8H2,1H3,(H2,14,19). The molecule has 0 spiro atoms. The van der Waals surface area contributed by atoms with E-state index in [-0.39, 0.29) is 0 Å². The molecule has 2 N–H and O–H groups in total. The molecule has 2 aromatic rings. The first-order valence-corrected chi connectivity index (χ1v) is 6.58. The monoisotopic (exact) mass is 273 g/mol. The number of aromatic nitrogens is 3. The molecule has 0 aromatic carbocycles. The fourth-order valence-electron chi connectivity index (χ4n) is 2.33. The molecule has 19 heavy (non-hydrogen) atoms. The summed E-state index contributed by atoms with van der Waals surface area (Å²) in [4.78, 5) is 11.5. The maximum absolute atomic E-state index is 5.79. The number of hydrogen-bond donors (Lipinski definition) is 1. The molecule has 0 saturated carbocycles. The van der Waals surface area contributed by atoms with Crippen molar-refractivity contribution in [3.05, 3.63) is 41.6 Å². The summed E-state index contributed by atoms with van der Waals surface area (Å²) >= 11 is 5.11. The second kappa shape index (κ2) is 4.62. The van der Waals surface area contributed by atoms with E-state index in [4.69, 9.17) is 18.0 Å². The van der Waals surface area contributed by atoms with Gasteiger partial charge >= 0.3 is 0 Å². The summed E-state index contributed by atoms with van der Waals surface area (Å²) in [7, 11) is 0. The Kier molecular flexibility index (Phi) is 2.94. The number of anilines is 1.